The molecule has 2 heterocycles. The first-order valence-corrected chi connectivity index (χ1v) is 5.07. The second-order valence-corrected chi connectivity index (χ2v) is 3.76. The Hall–Kier alpha value is -1.27. The Morgan fingerprint density at radius 1 is 1.47 bits per heavy atom. The summed E-state index contributed by atoms with van der Waals surface area (Å²) in [6, 6.07) is 1.52. The van der Waals surface area contributed by atoms with Gasteiger partial charge >= 0.3 is 0 Å². The molecule has 0 amide bonds. The molecule has 15 heavy (non-hydrogen) atoms. The third kappa shape index (κ3) is 2.05. The highest BCUT2D eigenvalue weighted by Gasteiger charge is 2.14. The molecule has 0 aliphatic carbocycles. The zero-order valence-corrected chi connectivity index (χ0v) is 9.60. The van der Waals surface area contributed by atoms with E-state index in [9.17, 15) is 4.79 Å². The summed E-state index contributed by atoms with van der Waals surface area (Å²) in [6.07, 6.45) is 4.53. The Kier molecular flexibility index (Phi) is 2.79. The smallest absolute Gasteiger partial charge is 0.271 e. The molecule has 0 saturated carbocycles. The highest BCUT2D eigenvalue weighted by atomic mass is 79.9. The van der Waals surface area contributed by atoms with Crippen LogP contribution in [0, 0.1) is 0 Å². The zero-order chi connectivity index (χ0) is 10.8. The topological polar surface area (TPSA) is 60.7 Å². The van der Waals surface area contributed by atoms with Crippen LogP contribution in [-0.4, -0.2) is 25.0 Å². The van der Waals surface area contributed by atoms with Gasteiger partial charge in [0.2, 0.25) is 0 Å². The van der Waals surface area contributed by atoms with Gasteiger partial charge in [0.15, 0.2) is 5.82 Å². The van der Waals surface area contributed by atoms with Crippen LogP contribution < -0.4 is 0 Å². The molecule has 7 heteroatoms. The number of rotatable bonds is 2. The van der Waals surface area contributed by atoms with Crippen molar-refractivity contribution in [2.75, 3.05) is 0 Å². The van der Waals surface area contributed by atoms with E-state index in [2.05, 4.69) is 31.0 Å². The Labute approximate surface area is 98.2 Å². The van der Waals surface area contributed by atoms with E-state index in [1.807, 2.05) is 0 Å². The standard InChI is InChI=1S/C8H4BrClN4O/c9-6-3-5(8(10)15)14(13-6)7-4-11-1-2-12-7/h1-4H. The summed E-state index contributed by atoms with van der Waals surface area (Å²) in [7, 11) is 0. The lowest BCUT2D eigenvalue weighted by molar-refractivity contribution is 0.107. The SMILES string of the molecule is O=C(Cl)c1cc(Br)nn1-c1cnccn1. The van der Waals surface area contributed by atoms with Gasteiger partial charge in [-0.1, -0.05) is 0 Å². The van der Waals surface area contributed by atoms with Gasteiger partial charge < -0.3 is 0 Å². The Morgan fingerprint density at radius 3 is 2.87 bits per heavy atom. The minimum absolute atomic E-state index is 0.240. The molecule has 0 unspecified atom stereocenters. The van der Waals surface area contributed by atoms with Gasteiger partial charge in [-0.25, -0.2) is 9.67 Å². The fraction of sp³-hybridized carbons (Fsp3) is 0. The van der Waals surface area contributed by atoms with Crippen LogP contribution in [0.4, 0.5) is 0 Å². The van der Waals surface area contributed by atoms with Gasteiger partial charge in [-0.3, -0.25) is 9.78 Å². The van der Waals surface area contributed by atoms with Crippen LogP contribution in [0.1, 0.15) is 10.5 Å². The van der Waals surface area contributed by atoms with E-state index in [0.717, 1.165) is 0 Å². The van der Waals surface area contributed by atoms with E-state index in [4.69, 9.17) is 11.6 Å². The summed E-state index contributed by atoms with van der Waals surface area (Å²) in [5, 5.41) is 3.43. The van der Waals surface area contributed by atoms with Gasteiger partial charge in [-0.2, -0.15) is 5.10 Å². The normalized spacial score (nSPS) is 10.3. The van der Waals surface area contributed by atoms with E-state index in [0.29, 0.717) is 10.4 Å². The van der Waals surface area contributed by atoms with Crippen molar-refractivity contribution in [3.8, 4) is 5.82 Å². The first kappa shape index (κ1) is 10.3. The molecule has 0 aromatic carbocycles. The van der Waals surface area contributed by atoms with Crippen LogP contribution >= 0.6 is 27.5 Å². The van der Waals surface area contributed by atoms with Crippen molar-refractivity contribution < 1.29 is 4.79 Å². The van der Waals surface area contributed by atoms with E-state index in [1.54, 1.807) is 0 Å². The molecule has 0 fully saturated rings. The molecule has 0 atom stereocenters. The van der Waals surface area contributed by atoms with Crippen molar-refractivity contribution >= 4 is 32.8 Å². The second-order valence-electron chi connectivity index (χ2n) is 2.60. The van der Waals surface area contributed by atoms with Crippen LogP contribution in [0.2, 0.25) is 0 Å². The summed E-state index contributed by atoms with van der Waals surface area (Å²) in [6.45, 7) is 0. The fourth-order valence-corrected chi connectivity index (χ4v) is 1.58. The summed E-state index contributed by atoms with van der Waals surface area (Å²) >= 11 is 8.56. The maximum Gasteiger partial charge on any atom is 0.271 e. The summed E-state index contributed by atoms with van der Waals surface area (Å²) < 4.78 is 1.84. The number of carbonyl (C=O) groups excluding carboxylic acids is 1. The molecule has 76 valence electrons. The van der Waals surface area contributed by atoms with E-state index >= 15 is 0 Å². The monoisotopic (exact) mass is 286 g/mol. The fourth-order valence-electron chi connectivity index (χ4n) is 1.07. The molecule has 0 bridgehead atoms. The number of hydrogen-bond donors (Lipinski definition) is 0. The summed E-state index contributed by atoms with van der Waals surface area (Å²) in [5.41, 5.74) is 0.240. The minimum atomic E-state index is -0.598. The molecule has 5 nitrogen and oxygen atoms in total. The maximum atomic E-state index is 11.1. The lowest BCUT2D eigenvalue weighted by atomic mass is 10.4. The molecule has 0 N–H and O–H groups in total. The number of hydrogen-bond acceptors (Lipinski definition) is 4. The van der Waals surface area contributed by atoms with E-state index in [-0.39, 0.29) is 5.69 Å². The van der Waals surface area contributed by atoms with E-state index in [1.165, 1.54) is 29.3 Å². The second kappa shape index (κ2) is 4.08. The molecular formula is C8H4BrClN4O. The first-order valence-electron chi connectivity index (χ1n) is 3.90. The van der Waals surface area contributed by atoms with Gasteiger partial charge in [-0.15, -0.1) is 0 Å². The number of halogens is 2. The number of nitrogens with zero attached hydrogens (tertiary/aromatic N) is 4. The lowest BCUT2D eigenvalue weighted by Crippen LogP contribution is -2.06. The van der Waals surface area contributed by atoms with Crippen LogP contribution in [-0.2, 0) is 0 Å². The van der Waals surface area contributed by atoms with Crippen molar-refractivity contribution in [1.82, 2.24) is 19.7 Å². The molecule has 0 aliphatic rings. The molecule has 0 spiro atoms. The first-order chi connectivity index (χ1) is 7.18. The lowest BCUT2D eigenvalue weighted by Gasteiger charge is -2.00. The molecule has 0 aliphatic heterocycles. The van der Waals surface area contributed by atoms with Crippen LogP contribution in [0.5, 0.6) is 0 Å². The molecule has 0 radical (unpaired) electrons. The molecule has 0 saturated heterocycles. The van der Waals surface area contributed by atoms with Gasteiger partial charge in [0, 0.05) is 18.5 Å². The highest BCUT2D eigenvalue weighted by molar-refractivity contribution is 9.10. The Balaban J connectivity index is 2.58. The average Bonchev–Trinajstić information content (AvgIpc) is 2.62. The molecular weight excluding hydrogens is 283 g/mol. The van der Waals surface area contributed by atoms with Crippen LogP contribution in [0.15, 0.2) is 29.3 Å². The summed E-state index contributed by atoms with van der Waals surface area (Å²) in [5.74, 6) is 0.437. The molecule has 2 aromatic heterocycles. The van der Waals surface area contributed by atoms with Crippen molar-refractivity contribution in [2.24, 2.45) is 0 Å². The number of aromatic nitrogens is 4. The highest BCUT2D eigenvalue weighted by Crippen LogP contribution is 2.15. The van der Waals surface area contributed by atoms with Crippen molar-refractivity contribution in [1.29, 1.82) is 0 Å². The largest absolute Gasteiger partial charge is 0.274 e. The zero-order valence-electron chi connectivity index (χ0n) is 7.26. The average molecular weight is 288 g/mol. The maximum absolute atomic E-state index is 11.1. The Morgan fingerprint density at radius 2 is 2.27 bits per heavy atom. The molecule has 2 rings (SSSR count). The predicted octanol–water partition coefficient (Wildman–Crippen LogP) is 1.80. The van der Waals surface area contributed by atoms with Gasteiger partial charge in [0.05, 0.1) is 6.20 Å². The third-order valence-corrected chi connectivity index (χ3v) is 2.23. The van der Waals surface area contributed by atoms with Gasteiger partial charge in [0.25, 0.3) is 5.24 Å². The quantitative estimate of drug-likeness (QED) is 0.790. The summed E-state index contributed by atoms with van der Waals surface area (Å²) in [4.78, 5) is 19.0. The van der Waals surface area contributed by atoms with Gasteiger partial charge in [-0.05, 0) is 27.5 Å². The predicted molar refractivity (Wildman–Crippen MR) is 57.0 cm³/mol. The van der Waals surface area contributed by atoms with Crippen molar-refractivity contribution in [2.45, 2.75) is 0 Å². The van der Waals surface area contributed by atoms with E-state index < -0.39 is 5.24 Å². The van der Waals surface area contributed by atoms with Gasteiger partial charge in [0.1, 0.15) is 10.3 Å². The number of carbonyl (C=O) groups is 1. The van der Waals surface area contributed by atoms with Crippen LogP contribution in [0.25, 0.3) is 5.82 Å². The third-order valence-electron chi connectivity index (χ3n) is 1.65. The molecule has 2 aromatic rings. The van der Waals surface area contributed by atoms with Crippen molar-refractivity contribution in [3.05, 3.63) is 35.0 Å². The van der Waals surface area contributed by atoms with Crippen molar-refractivity contribution in [3.63, 3.8) is 0 Å². The minimum Gasteiger partial charge on any atom is -0.274 e. The Bertz CT molecular complexity index is 499. The van der Waals surface area contributed by atoms with Crippen LogP contribution in [0.3, 0.4) is 0 Å².